The van der Waals surface area contributed by atoms with Crippen molar-refractivity contribution in [1.29, 1.82) is 5.26 Å². The van der Waals surface area contributed by atoms with Crippen molar-refractivity contribution in [3.63, 3.8) is 0 Å². The molecule has 0 aliphatic carbocycles. The van der Waals surface area contributed by atoms with Crippen LogP contribution >= 0.6 is 0 Å². The first-order valence-electron chi connectivity index (χ1n) is 9.12. The van der Waals surface area contributed by atoms with E-state index >= 15 is 0 Å². The molecule has 1 aliphatic heterocycles. The molecule has 6 heteroatoms. The number of esters is 1. The summed E-state index contributed by atoms with van der Waals surface area (Å²) in [6.07, 6.45) is 5.27. The van der Waals surface area contributed by atoms with E-state index < -0.39 is 5.97 Å². The second-order valence-corrected chi connectivity index (χ2v) is 6.58. The molecule has 1 fully saturated rings. The highest BCUT2D eigenvalue weighted by atomic mass is 16.5. The van der Waals surface area contributed by atoms with Gasteiger partial charge in [-0.15, -0.1) is 0 Å². The summed E-state index contributed by atoms with van der Waals surface area (Å²) in [5.74, 6) is -0.177. The lowest BCUT2D eigenvalue weighted by Gasteiger charge is -2.23. The fourth-order valence-corrected chi connectivity index (χ4v) is 3.25. The van der Waals surface area contributed by atoms with Crippen molar-refractivity contribution in [2.75, 3.05) is 19.8 Å². The van der Waals surface area contributed by atoms with Crippen molar-refractivity contribution in [3.05, 3.63) is 58.0 Å². The average Bonchev–Trinajstić information content (AvgIpc) is 2.70. The number of rotatable bonds is 5. The van der Waals surface area contributed by atoms with E-state index in [-0.39, 0.29) is 17.6 Å². The van der Waals surface area contributed by atoms with Gasteiger partial charge in [0, 0.05) is 37.7 Å². The fourth-order valence-electron chi connectivity index (χ4n) is 3.25. The fraction of sp³-hybridized carbons (Fsp3) is 0.381. The molecule has 2 aromatic rings. The number of aromatic nitrogens is 1. The van der Waals surface area contributed by atoms with Crippen molar-refractivity contribution >= 4 is 5.97 Å². The minimum Gasteiger partial charge on any atom is -0.462 e. The molecule has 0 amide bonds. The second kappa shape index (κ2) is 8.65. The molecule has 1 aromatic heterocycles. The maximum Gasteiger partial charge on any atom is 0.343 e. The molecule has 0 saturated carbocycles. The number of nitriles is 1. The first-order valence-corrected chi connectivity index (χ1v) is 9.12. The minimum atomic E-state index is -0.612. The van der Waals surface area contributed by atoms with E-state index in [1.807, 2.05) is 4.57 Å². The molecule has 0 spiro atoms. The molecule has 0 N–H and O–H groups in total. The third-order valence-corrected chi connectivity index (χ3v) is 4.71. The van der Waals surface area contributed by atoms with Crippen LogP contribution in [0, 0.1) is 17.2 Å². The van der Waals surface area contributed by atoms with Crippen LogP contribution in [0.3, 0.4) is 0 Å². The molecule has 6 nitrogen and oxygen atoms in total. The summed E-state index contributed by atoms with van der Waals surface area (Å²) < 4.78 is 12.4. The summed E-state index contributed by atoms with van der Waals surface area (Å²) in [7, 11) is 0. The maximum atomic E-state index is 12.9. The number of carbonyl (C=O) groups is 1. The van der Waals surface area contributed by atoms with Crippen molar-refractivity contribution in [1.82, 2.24) is 4.57 Å². The first kappa shape index (κ1) is 18.9. The Bertz CT molecular complexity index is 903. The highest BCUT2D eigenvalue weighted by Gasteiger charge is 2.19. The molecule has 0 bridgehead atoms. The minimum absolute atomic E-state index is 0.0331. The summed E-state index contributed by atoms with van der Waals surface area (Å²) in [5.41, 5.74) is 1.29. The predicted octanol–water partition coefficient (Wildman–Crippen LogP) is 2.99. The van der Waals surface area contributed by atoms with E-state index in [1.54, 1.807) is 43.6 Å². The Morgan fingerprint density at radius 3 is 2.59 bits per heavy atom. The van der Waals surface area contributed by atoms with Crippen LogP contribution in [-0.4, -0.2) is 30.4 Å². The van der Waals surface area contributed by atoms with E-state index in [1.165, 1.54) is 0 Å². The Hall–Kier alpha value is -2.91. The molecule has 0 atom stereocenters. The van der Waals surface area contributed by atoms with Gasteiger partial charge in [-0.1, -0.05) is 12.1 Å². The molecule has 27 heavy (non-hydrogen) atoms. The van der Waals surface area contributed by atoms with E-state index in [0.717, 1.165) is 26.1 Å². The SMILES string of the molecule is CCOC(=O)c1cn(CC2CCOCC2)cc(-c2ccc(C#N)cc2)c1=O. The molecular formula is C21H22N2O4. The molecule has 1 aromatic carbocycles. The predicted molar refractivity (Wildman–Crippen MR) is 100 cm³/mol. The lowest BCUT2D eigenvalue weighted by molar-refractivity contribution is 0.0520. The number of carbonyl (C=O) groups excluding carboxylic acids is 1. The Balaban J connectivity index is 2.02. The molecular weight excluding hydrogens is 344 g/mol. The zero-order valence-corrected chi connectivity index (χ0v) is 15.3. The molecule has 1 saturated heterocycles. The van der Waals surface area contributed by atoms with Crippen LogP contribution in [0.1, 0.15) is 35.7 Å². The Morgan fingerprint density at radius 1 is 1.26 bits per heavy atom. The highest BCUT2D eigenvalue weighted by molar-refractivity contribution is 5.90. The molecule has 3 rings (SSSR count). The monoisotopic (exact) mass is 366 g/mol. The normalized spacial score (nSPS) is 14.5. The van der Waals surface area contributed by atoms with Gasteiger partial charge in [0.1, 0.15) is 5.56 Å². The van der Waals surface area contributed by atoms with E-state index in [0.29, 0.717) is 29.2 Å². The van der Waals surface area contributed by atoms with Crippen LogP contribution in [0.4, 0.5) is 0 Å². The van der Waals surface area contributed by atoms with Gasteiger partial charge < -0.3 is 14.0 Å². The molecule has 2 heterocycles. The number of benzene rings is 1. The van der Waals surface area contributed by atoms with Crippen molar-refractivity contribution in [2.24, 2.45) is 5.92 Å². The van der Waals surface area contributed by atoms with Crippen LogP contribution in [0.15, 0.2) is 41.5 Å². The van der Waals surface area contributed by atoms with Gasteiger partial charge in [-0.3, -0.25) is 4.79 Å². The Morgan fingerprint density at radius 2 is 1.96 bits per heavy atom. The van der Waals surface area contributed by atoms with Crippen LogP contribution in [0.5, 0.6) is 0 Å². The van der Waals surface area contributed by atoms with Crippen LogP contribution in [0.25, 0.3) is 11.1 Å². The van der Waals surface area contributed by atoms with Crippen LogP contribution in [-0.2, 0) is 16.0 Å². The summed E-state index contributed by atoms with van der Waals surface area (Å²) in [6.45, 7) is 4.09. The van der Waals surface area contributed by atoms with Gasteiger partial charge in [0.25, 0.3) is 0 Å². The highest BCUT2D eigenvalue weighted by Crippen LogP contribution is 2.21. The summed E-state index contributed by atoms with van der Waals surface area (Å²) in [4.78, 5) is 25.2. The van der Waals surface area contributed by atoms with Gasteiger partial charge in [0.15, 0.2) is 0 Å². The number of nitrogens with zero attached hydrogens (tertiary/aromatic N) is 2. The van der Waals surface area contributed by atoms with E-state index in [9.17, 15) is 9.59 Å². The number of pyridine rings is 1. The second-order valence-electron chi connectivity index (χ2n) is 6.58. The summed E-state index contributed by atoms with van der Waals surface area (Å²) in [6, 6.07) is 8.84. The van der Waals surface area contributed by atoms with Gasteiger partial charge in [-0.05, 0) is 43.4 Å². The average molecular weight is 366 g/mol. The lowest BCUT2D eigenvalue weighted by atomic mass is 9.99. The maximum absolute atomic E-state index is 12.9. The first-order chi connectivity index (χ1) is 13.1. The number of hydrogen-bond donors (Lipinski definition) is 0. The van der Waals surface area contributed by atoms with Crippen molar-refractivity contribution in [3.8, 4) is 17.2 Å². The molecule has 140 valence electrons. The largest absolute Gasteiger partial charge is 0.462 e. The van der Waals surface area contributed by atoms with Gasteiger partial charge in [-0.25, -0.2) is 4.79 Å². The third-order valence-electron chi connectivity index (χ3n) is 4.71. The van der Waals surface area contributed by atoms with E-state index in [2.05, 4.69) is 6.07 Å². The third kappa shape index (κ3) is 4.44. The zero-order chi connectivity index (χ0) is 19.2. The molecule has 0 radical (unpaired) electrons. The van der Waals surface area contributed by atoms with Crippen molar-refractivity contribution < 1.29 is 14.3 Å². The van der Waals surface area contributed by atoms with Crippen molar-refractivity contribution in [2.45, 2.75) is 26.3 Å². The van der Waals surface area contributed by atoms with Crippen LogP contribution in [0.2, 0.25) is 0 Å². The Labute approximate surface area is 158 Å². The smallest absolute Gasteiger partial charge is 0.343 e. The summed E-state index contributed by atoms with van der Waals surface area (Å²) in [5, 5.41) is 8.97. The molecule has 1 aliphatic rings. The summed E-state index contributed by atoms with van der Waals surface area (Å²) >= 11 is 0. The zero-order valence-electron chi connectivity index (χ0n) is 15.3. The Kier molecular flexibility index (Phi) is 6.05. The topological polar surface area (TPSA) is 81.3 Å². The standard InChI is InChI=1S/C21H22N2O4/c1-2-27-21(25)19-14-23(12-16-7-9-26-10-8-16)13-18(20(19)24)17-5-3-15(11-22)4-6-17/h3-6,13-14,16H,2,7-10,12H2,1H3. The van der Waals surface area contributed by atoms with E-state index in [4.69, 9.17) is 14.7 Å². The van der Waals surface area contributed by atoms with Crippen LogP contribution < -0.4 is 5.43 Å². The number of hydrogen-bond acceptors (Lipinski definition) is 5. The molecule has 0 unspecified atom stereocenters. The van der Waals surface area contributed by atoms with Gasteiger partial charge >= 0.3 is 5.97 Å². The van der Waals surface area contributed by atoms with Gasteiger partial charge in [0.2, 0.25) is 5.43 Å². The van der Waals surface area contributed by atoms with Gasteiger partial charge in [-0.2, -0.15) is 5.26 Å². The lowest BCUT2D eigenvalue weighted by Crippen LogP contribution is -2.25. The quantitative estimate of drug-likeness (QED) is 0.760. The van der Waals surface area contributed by atoms with Gasteiger partial charge in [0.05, 0.1) is 18.2 Å². The number of ether oxygens (including phenoxy) is 2.